The van der Waals surface area contributed by atoms with Gasteiger partial charge in [-0.05, 0) is 95.9 Å². The van der Waals surface area contributed by atoms with Crippen LogP contribution in [-0.2, 0) is 6.61 Å². The van der Waals surface area contributed by atoms with Crippen LogP contribution >= 0.6 is 34.2 Å². The highest BCUT2D eigenvalue weighted by Gasteiger charge is 2.12. The molecule has 0 saturated heterocycles. The monoisotopic (exact) mass is 519 g/mol. The van der Waals surface area contributed by atoms with Gasteiger partial charge in [0.1, 0.15) is 6.61 Å². The Labute approximate surface area is 190 Å². The Hall–Kier alpha value is -2.05. The summed E-state index contributed by atoms with van der Waals surface area (Å²) >= 11 is 8.23. The molecule has 3 aromatic carbocycles. The fourth-order valence-corrected chi connectivity index (χ4v) is 3.71. The summed E-state index contributed by atoms with van der Waals surface area (Å²) in [6.07, 6.45) is 1.87. The fraction of sp³-hybridized carbons (Fsp3) is 0.208. The molecule has 0 N–H and O–H groups in total. The van der Waals surface area contributed by atoms with E-state index in [-0.39, 0.29) is 0 Å². The lowest BCUT2D eigenvalue weighted by Crippen LogP contribution is -2.02. The van der Waals surface area contributed by atoms with Crippen LogP contribution in [0.3, 0.4) is 0 Å². The summed E-state index contributed by atoms with van der Waals surface area (Å²) in [4.78, 5) is 4.67. The maximum atomic E-state index is 6.08. The van der Waals surface area contributed by atoms with Crippen LogP contribution in [0.1, 0.15) is 29.2 Å². The number of aryl methyl sites for hydroxylation is 2. The minimum absolute atomic E-state index is 0.448. The standard InChI is InChI=1S/C24H23ClINO2/c1-4-28-23-13-19(14-27-22-11-16(2)5-6-17(22)3)12-21(26)24(23)29-15-18-7-9-20(25)10-8-18/h5-14H,4,15H2,1-3H3. The van der Waals surface area contributed by atoms with Crippen molar-refractivity contribution in [2.75, 3.05) is 6.61 Å². The molecule has 0 radical (unpaired) electrons. The Balaban J connectivity index is 1.84. The van der Waals surface area contributed by atoms with Crippen molar-refractivity contribution in [3.8, 4) is 11.5 Å². The minimum atomic E-state index is 0.448. The van der Waals surface area contributed by atoms with Crippen LogP contribution in [0.4, 0.5) is 5.69 Å². The summed E-state index contributed by atoms with van der Waals surface area (Å²) in [5.41, 5.74) is 5.33. The number of rotatable bonds is 7. The van der Waals surface area contributed by atoms with E-state index in [9.17, 15) is 0 Å². The lowest BCUT2D eigenvalue weighted by Gasteiger charge is -2.15. The molecule has 0 unspecified atom stereocenters. The lowest BCUT2D eigenvalue weighted by atomic mass is 10.1. The highest BCUT2D eigenvalue weighted by molar-refractivity contribution is 14.1. The number of hydrogen-bond acceptors (Lipinski definition) is 3. The molecule has 0 heterocycles. The first-order valence-corrected chi connectivity index (χ1v) is 10.9. The van der Waals surface area contributed by atoms with E-state index < -0.39 is 0 Å². The maximum Gasteiger partial charge on any atom is 0.175 e. The normalized spacial score (nSPS) is 11.1. The molecule has 3 nitrogen and oxygen atoms in total. The number of halogens is 2. The van der Waals surface area contributed by atoms with E-state index in [0.29, 0.717) is 18.2 Å². The van der Waals surface area contributed by atoms with Crippen molar-refractivity contribution in [1.29, 1.82) is 0 Å². The summed E-state index contributed by atoms with van der Waals surface area (Å²) in [5.74, 6) is 1.46. The second kappa shape index (κ2) is 10.1. The van der Waals surface area contributed by atoms with Gasteiger partial charge in [-0.15, -0.1) is 0 Å². The summed E-state index contributed by atoms with van der Waals surface area (Å²) < 4.78 is 12.9. The second-order valence-electron chi connectivity index (χ2n) is 6.73. The minimum Gasteiger partial charge on any atom is -0.490 e. The van der Waals surface area contributed by atoms with Crippen molar-refractivity contribution in [2.24, 2.45) is 4.99 Å². The summed E-state index contributed by atoms with van der Waals surface area (Å²) in [6, 6.07) is 17.9. The second-order valence-corrected chi connectivity index (χ2v) is 8.32. The average Bonchev–Trinajstić information content (AvgIpc) is 2.69. The van der Waals surface area contributed by atoms with Crippen molar-refractivity contribution in [2.45, 2.75) is 27.4 Å². The Kier molecular flexibility index (Phi) is 7.56. The third-order valence-electron chi connectivity index (χ3n) is 4.35. The quantitative estimate of drug-likeness (QED) is 0.242. The zero-order valence-electron chi connectivity index (χ0n) is 16.7. The van der Waals surface area contributed by atoms with Gasteiger partial charge in [-0.2, -0.15) is 0 Å². The SMILES string of the molecule is CCOc1cc(C=Nc2cc(C)ccc2C)cc(I)c1OCc1ccc(Cl)cc1. The number of nitrogens with zero attached hydrogens (tertiary/aromatic N) is 1. The molecule has 0 aliphatic heterocycles. The van der Waals surface area contributed by atoms with Gasteiger partial charge in [0.15, 0.2) is 11.5 Å². The molecule has 3 aromatic rings. The van der Waals surface area contributed by atoms with E-state index in [0.717, 1.165) is 37.4 Å². The molecule has 0 fully saturated rings. The van der Waals surface area contributed by atoms with Crippen LogP contribution in [0.25, 0.3) is 0 Å². The molecule has 29 heavy (non-hydrogen) atoms. The van der Waals surface area contributed by atoms with Gasteiger partial charge >= 0.3 is 0 Å². The molecule has 0 bridgehead atoms. The van der Waals surface area contributed by atoms with E-state index in [1.165, 1.54) is 5.56 Å². The number of benzene rings is 3. The molecule has 0 aliphatic rings. The van der Waals surface area contributed by atoms with Crippen LogP contribution in [0.5, 0.6) is 11.5 Å². The van der Waals surface area contributed by atoms with Crippen molar-refractivity contribution < 1.29 is 9.47 Å². The smallest absolute Gasteiger partial charge is 0.175 e. The molecule has 3 rings (SSSR count). The van der Waals surface area contributed by atoms with Crippen molar-refractivity contribution in [1.82, 2.24) is 0 Å². The third kappa shape index (κ3) is 5.97. The molecule has 0 saturated carbocycles. The topological polar surface area (TPSA) is 30.8 Å². The van der Waals surface area contributed by atoms with E-state index in [4.69, 9.17) is 21.1 Å². The largest absolute Gasteiger partial charge is 0.490 e. The van der Waals surface area contributed by atoms with Crippen LogP contribution in [0.2, 0.25) is 5.02 Å². The highest BCUT2D eigenvalue weighted by Crippen LogP contribution is 2.35. The molecular weight excluding hydrogens is 497 g/mol. The zero-order valence-corrected chi connectivity index (χ0v) is 19.6. The molecule has 0 atom stereocenters. The molecule has 0 aliphatic carbocycles. The Morgan fingerprint density at radius 2 is 1.76 bits per heavy atom. The molecule has 0 spiro atoms. The summed E-state index contributed by atoms with van der Waals surface area (Å²) in [5, 5.41) is 0.714. The third-order valence-corrected chi connectivity index (χ3v) is 5.40. The maximum absolute atomic E-state index is 6.08. The number of aliphatic imine (C=N–C) groups is 1. The molecular formula is C24H23ClINO2. The summed E-state index contributed by atoms with van der Waals surface area (Å²) in [7, 11) is 0. The first-order valence-electron chi connectivity index (χ1n) is 9.41. The molecule has 150 valence electrons. The lowest BCUT2D eigenvalue weighted by molar-refractivity contribution is 0.267. The molecule has 0 amide bonds. The van der Waals surface area contributed by atoms with Gasteiger partial charge in [0, 0.05) is 11.2 Å². The molecule has 5 heteroatoms. The Morgan fingerprint density at radius 1 is 1.00 bits per heavy atom. The van der Waals surface area contributed by atoms with Crippen molar-refractivity contribution in [3.63, 3.8) is 0 Å². The van der Waals surface area contributed by atoms with Gasteiger partial charge in [0.05, 0.1) is 15.9 Å². The average molecular weight is 520 g/mol. The number of hydrogen-bond donors (Lipinski definition) is 0. The molecule has 0 aromatic heterocycles. The van der Waals surface area contributed by atoms with Crippen LogP contribution < -0.4 is 9.47 Å². The predicted octanol–water partition coefficient (Wildman–Crippen LogP) is 7.29. The van der Waals surface area contributed by atoms with Gasteiger partial charge in [0.25, 0.3) is 0 Å². The predicted molar refractivity (Wildman–Crippen MR) is 129 cm³/mol. The summed E-state index contributed by atoms with van der Waals surface area (Å²) in [6.45, 7) is 7.11. The Bertz CT molecular complexity index is 1020. The van der Waals surface area contributed by atoms with Crippen LogP contribution in [0, 0.1) is 17.4 Å². The first kappa shape index (κ1) is 21.7. The van der Waals surface area contributed by atoms with Gasteiger partial charge in [0.2, 0.25) is 0 Å². The Morgan fingerprint density at radius 3 is 2.48 bits per heavy atom. The van der Waals surface area contributed by atoms with Crippen LogP contribution in [-0.4, -0.2) is 12.8 Å². The van der Waals surface area contributed by atoms with E-state index in [1.54, 1.807) is 0 Å². The van der Waals surface area contributed by atoms with Crippen LogP contribution in [0.15, 0.2) is 59.6 Å². The zero-order chi connectivity index (χ0) is 20.8. The van der Waals surface area contributed by atoms with E-state index >= 15 is 0 Å². The number of ether oxygens (including phenoxy) is 2. The van der Waals surface area contributed by atoms with Gasteiger partial charge in [-0.1, -0.05) is 35.9 Å². The van der Waals surface area contributed by atoms with E-state index in [1.807, 2.05) is 43.5 Å². The van der Waals surface area contributed by atoms with Crippen molar-refractivity contribution in [3.05, 3.63) is 85.4 Å². The first-order chi connectivity index (χ1) is 14.0. The van der Waals surface area contributed by atoms with E-state index in [2.05, 4.69) is 65.7 Å². The van der Waals surface area contributed by atoms with Crippen molar-refractivity contribution >= 4 is 46.1 Å². The van der Waals surface area contributed by atoms with Gasteiger partial charge < -0.3 is 9.47 Å². The fourth-order valence-electron chi connectivity index (χ4n) is 2.80. The van der Waals surface area contributed by atoms with Gasteiger partial charge in [-0.3, -0.25) is 4.99 Å². The highest BCUT2D eigenvalue weighted by atomic mass is 127. The van der Waals surface area contributed by atoms with Gasteiger partial charge in [-0.25, -0.2) is 0 Å².